The Morgan fingerprint density at radius 3 is 2.69 bits per heavy atom. The van der Waals surface area contributed by atoms with E-state index in [1.165, 1.54) is 12.1 Å². The van der Waals surface area contributed by atoms with E-state index in [2.05, 4.69) is 5.32 Å². The van der Waals surface area contributed by atoms with Crippen molar-refractivity contribution in [1.82, 2.24) is 10.2 Å². The maximum atomic E-state index is 14.1. The quantitative estimate of drug-likeness (QED) is 0.699. The monoisotopic (exact) mass is 438 g/mol. The van der Waals surface area contributed by atoms with Crippen molar-refractivity contribution in [2.75, 3.05) is 13.7 Å². The predicted octanol–water partition coefficient (Wildman–Crippen LogP) is 3.66. The Morgan fingerprint density at radius 2 is 1.94 bits per heavy atom. The molecule has 0 spiro atoms. The fourth-order valence-electron chi connectivity index (χ4n) is 4.25. The molecule has 0 aromatic heterocycles. The summed E-state index contributed by atoms with van der Waals surface area (Å²) in [6.07, 6.45) is 4.82. The van der Waals surface area contributed by atoms with Gasteiger partial charge >= 0.3 is 0 Å². The summed E-state index contributed by atoms with van der Waals surface area (Å²) in [6.45, 7) is 0.293. The number of halogens is 1. The second-order valence-corrected chi connectivity index (χ2v) is 8.10. The number of fused-ring (bicyclic) bond motifs is 1. The number of nitrogens with zero attached hydrogens (tertiary/aromatic N) is 1. The molecule has 2 fully saturated rings. The molecule has 1 aliphatic carbocycles. The van der Waals surface area contributed by atoms with E-state index in [1.807, 2.05) is 24.3 Å². The van der Waals surface area contributed by atoms with Crippen molar-refractivity contribution < 1.29 is 23.5 Å². The predicted molar refractivity (Wildman–Crippen MR) is 118 cm³/mol. The molecular formula is C25H27FN2O4. The maximum absolute atomic E-state index is 14.1. The van der Waals surface area contributed by atoms with Gasteiger partial charge in [0.1, 0.15) is 24.2 Å². The molecule has 7 heteroatoms. The van der Waals surface area contributed by atoms with E-state index in [0.717, 1.165) is 37.0 Å². The number of ether oxygens (including phenoxy) is 2. The standard InChI is InChI=1S/C25H27FN2O4/c1-31-19-12-10-17(11-13-19)15-27-24(29)16-28-21-8-4-5-9-22(21)32-23(25(28)30)14-18-6-2-3-7-20(18)26/h2-3,6-7,10-14,21-22H,4-5,8-9,15-16H2,1H3,(H,27,29)/b23-14-. The molecule has 2 unspecified atom stereocenters. The van der Waals surface area contributed by atoms with Crippen LogP contribution in [0.25, 0.3) is 6.08 Å². The van der Waals surface area contributed by atoms with Gasteiger partial charge in [0.05, 0.1) is 13.2 Å². The minimum atomic E-state index is -0.425. The molecule has 2 amide bonds. The average Bonchev–Trinajstić information content (AvgIpc) is 2.82. The van der Waals surface area contributed by atoms with Crippen LogP contribution in [0.3, 0.4) is 0 Å². The SMILES string of the molecule is COc1ccc(CNC(=O)CN2C(=O)/C(=C/c3ccccc3F)OC3CCCCC32)cc1. The maximum Gasteiger partial charge on any atom is 0.289 e. The number of benzene rings is 2. The minimum Gasteiger partial charge on any atom is -0.497 e. The molecule has 32 heavy (non-hydrogen) atoms. The van der Waals surface area contributed by atoms with Crippen LogP contribution in [-0.2, 0) is 20.9 Å². The van der Waals surface area contributed by atoms with E-state index in [9.17, 15) is 14.0 Å². The van der Waals surface area contributed by atoms with Crippen molar-refractivity contribution in [3.05, 3.63) is 71.2 Å². The Labute approximate surface area is 187 Å². The summed E-state index contributed by atoms with van der Waals surface area (Å²) < 4.78 is 25.3. The number of carbonyl (C=O) groups is 2. The largest absolute Gasteiger partial charge is 0.497 e. The fourth-order valence-corrected chi connectivity index (χ4v) is 4.25. The Morgan fingerprint density at radius 1 is 1.19 bits per heavy atom. The third kappa shape index (κ3) is 4.93. The van der Waals surface area contributed by atoms with Gasteiger partial charge in [0.15, 0.2) is 5.76 Å². The lowest BCUT2D eigenvalue weighted by molar-refractivity contribution is -0.151. The minimum absolute atomic E-state index is 0.0614. The van der Waals surface area contributed by atoms with Crippen molar-refractivity contribution >= 4 is 17.9 Å². The smallest absolute Gasteiger partial charge is 0.289 e. The Bertz CT molecular complexity index is 1010. The first kappa shape index (κ1) is 21.9. The van der Waals surface area contributed by atoms with E-state index in [-0.39, 0.29) is 41.8 Å². The number of methoxy groups -OCH3 is 1. The van der Waals surface area contributed by atoms with Gasteiger partial charge in [0.25, 0.3) is 5.91 Å². The fraction of sp³-hybridized carbons (Fsp3) is 0.360. The highest BCUT2D eigenvalue weighted by atomic mass is 19.1. The Kier molecular flexibility index (Phi) is 6.73. The van der Waals surface area contributed by atoms with Crippen LogP contribution in [0.1, 0.15) is 36.8 Å². The summed E-state index contributed by atoms with van der Waals surface area (Å²) in [7, 11) is 1.60. The van der Waals surface area contributed by atoms with Crippen LogP contribution in [0.15, 0.2) is 54.3 Å². The molecule has 168 valence electrons. The molecule has 6 nitrogen and oxygen atoms in total. The molecular weight excluding hydrogens is 411 g/mol. The number of rotatable bonds is 6. The number of hydrogen-bond donors (Lipinski definition) is 1. The van der Waals surface area contributed by atoms with Crippen LogP contribution < -0.4 is 10.1 Å². The highest BCUT2D eigenvalue weighted by molar-refractivity contribution is 5.98. The average molecular weight is 438 g/mol. The van der Waals surface area contributed by atoms with Gasteiger partial charge in [-0.3, -0.25) is 9.59 Å². The molecule has 2 aromatic carbocycles. The summed E-state index contributed by atoms with van der Waals surface area (Å²) >= 11 is 0. The van der Waals surface area contributed by atoms with E-state index in [4.69, 9.17) is 9.47 Å². The topological polar surface area (TPSA) is 67.9 Å². The molecule has 0 bridgehead atoms. The van der Waals surface area contributed by atoms with E-state index >= 15 is 0 Å². The lowest BCUT2D eigenvalue weighted by Gasteiger charge is -2.44. The number of morpholine rings is 1. The zero-order chi connectivity index (χ0) is 22.5. The third-order valence-corrected chi connectivity index (χ3v) is 5.97. The van der Waals surface area contributed by atoms with Gasteiger partial charge in [-0.2, -0.15) is 0 Å². The zero-order valence-electron chi connectivity index (χ0n) is 18.1. The van der Waals surface area contributed by atoms with Gasteiger partial charge in [-0.25, -0.2) is 4.39 Å². The molecule has 1 saturated heterocycles. The summed E-state index contributed by atoms with van der Waals surface area (Å²) in [5.41, 5.74) is 1.22. The molecule has 2 atom stereocenters. The zero-order valence-corrected chi connectivity index (χ0v) is 18.1. The number of amides is 2. The van der Waals surface area contributed by atoms with Gasteiger partial charge in [0, 0.05) is 12.1 Å². The van der Waals surface area contributed by atoms with Crippen molar-refractivity contribution in [3.8, 4) is 5.75 Å². The van der Waals surface area contributed by atoms with Crippen LogP contribution in [0.4, 0.5) is 4.39 Å². The summed E-state index contributed by atoms with van der Waals surface area (Å²) in [5, 5.41) is 2.88. The van der Waals surface area contributed by atoms with Crippen molar-refractivity contribution in [3.63, 3.8) is 0 Å². The van der Waals surface area contributed by atoms with Gasteiger partial charge in [-0.15, -0.1) is 0 Å². The first-order valence-electron chi connectivity index (χ1n) is 10.9. The summed E-state index contributed by atoms with van der Waals surface area (Å²) in [6, 6.07) is 13.5. The van der Waals surface area contributed by atoms with Crippen molar-refractivity contribution in [2.45, 2.75) is 44.4 Å². The van der Waals surface area contributed by atoms with Gasteiger partial charge < -0.3 is 19.7 Å². The molecule has 1 aliphatic heterocycles. The Balaban J connectivity index is 1.47. The molecule has 0 radical (unpaired) electrons. The van der Waals surface area contributed by atoms with E-state index in [1.54, 1.807) is 30.2 Å². The van der Waals surface area contributed by atoms with Crippen molar-refractivity contribution in [1.29, 1.82) is 0 Å². The van der Waals surface area contributed by atoms with Crippen LogP contribution >= 0.6 is 0 Å². The number of hydrogen-bond acceptors (Lipinski definition) is 4. The van der Waals surface area contributed by atoms with Crippen LogP contribution in [0.5, 0.6) is 5.75 Å². The second kappa shape index (κ2) is 9.85. The lowest BCUT2D eigenvalue weighted by Crippen LogP contribution is -2.57. The van der Waals surface area contributed by atoms with E-state index in [0.29, 0.717) is 6.54 Å². The lowest BCUT2D eigenvalue weighted by atomic mass is 9.89. The number of carbonyl (C=O) groups excluding carboxylic acids is 2. The molecule has 1 heterocycles. The molecule has 2 aromatic rings. The van der Waals surface area contributed by atoms with Gasteiger partial charge in [0.2, 0.25) is 5.91 Å². The van der Waals surface area contributed by atoms with Gasteiger partial charge in [-0.1, -0.05) is 36.8 Å². The molecule has 4 rings (SSSR count). The van der Waals surface area contributed by atoms with Gasteiger partial charge in [-0.05, 0) is 49.1 Å². The molecule has 2 aliphatic rings. The van der Waals surface area contributed by atoms with E-state index < -0.39 is 5.82 Å². The summed E-state index contributed by atoms with van der Waals surface area (Å²) in [4.78, 5) is 27.5. The van der Waals surface area contributed by atoms with Crippen molar-refractivity contribution in [2.24, 2.45) is 0 Å². The Hall–Kier alpha value is -3.35. The normalized spacial score (nSPS) is 21.6. The third-order valence-electron chi connectivity index (χ3n) is 5.97. The highest BCUT2D eigenvalue weighted by Gasteiger charge is 2.42. The van der Waals surface area contributed by atoms with Crippen LogP contribution in [0, 0.1) is 5.82 Å². The summed E-state index contributed by atoms with van der Waals surface area (Å²) in [5.74, 6) is -0.217. The van der Waals surface area contributed by atoms with Crippen LogP contribution in [0.2, 0.25) is 0 Å². The molecule has 1 saturated carbocycles. The first-order chi connectivity index (χ1) is 15.5. The first-order valence-corrected chi connectivity index (χ1v) is 10.9. The number of nitrogens with one attached hydrogen (secondary N) is 1. The highest BCUT2D eigenvalue weighted by Crippen LogP contribution is 2.33. The van der Waals surface area contributed by atoms with Crippen LogP contribution in [-0.4, -0.2) is 42.5 Å². The molecule has 1 N–H and O–H groups in total. The second-order valence-electron chi connectivity index (χ2n) is 8.10.